The molecule has 0 fully saturated rings. The molecule has 0 saturated heterocycles. The normalized spacial score (nSPS) is 11.1. The molecule has 4 N–H and O–H groups in total. The Bertz CT molecular complexity index is 356. The van der Waals surface area contributed by atoms with Crippen LogP contribution in [-0.2, 0) is 19.6 Å². The molecule has 0 rings (SSSR count). The molecule has 0 aliphatic heterocycles. The Morgan fingerprint density at radius 1 is 1.41 bits per heavy atom. The summed E-state index contributed by atoms with van der Waals surface area (Å²) in [7, 11) is -2.00. The van der Waals surface area contributed by atoms with Gasteiger partial charge in [-0.2, -0.15) is 0 Å². The van der Waals surface area contributed by atoms with Crippen molar-refractivity contribution in [3.8, 4) is 0 Å². The molecular weight excluding hydrogens is 266 g/mol. The van der Waals surface area contributed by atoms with Gasteiger partial charge in [-0.1, -0.05) is 12.2 Å². The Morgan fingerprint density at radius 3 is 2.59 bits per heavy atom. The summed E-state index contributed by atoms with van der Waals surface area (Å²) in [6.07, 6.45) is 0.0558. The first-order chi connectivity index (χ1) is 7.87. The highest BCUT2D eigenvalue weighted by atomic mass is 32.2. The highest BCUT2D eigenvalue weighted by Gasteiger charge is 2.11. The summed E-state index contributed by atoms with van der Waals surface area (Å²) in [5.41, 5.74) is 5.11. The van der Waals surface area contributed by atoms with Crippen LogP contribution >= 0.6 is 12.2 Å². The molecule has 9 heteroatoms. The van der Waals surface area contributed by atoms with Crippen LogP contribution in [0.25, 0.3) is 0 Å². The average Bonchev–Trinajstić information content (AvgIpc) is 2.15. The number of nitrogens with two attached hydrogens (primary N) is 1. The summed E-state index contributed by atoms with van der Waals surface area (Å²) in [6, 6.07) is 0. The Kier molecular flexibility index (Phi) is 7.96. The molecule has 0 aromatic carbocycles. The van der Waals surface area contributed by atoms with Crippen LogP contribution in [0.4, 0.5) is 0 Å². The number of hydrogen-bond donors (Lipinski definition) is 3. The third-order valence-electron chi connectivity index (χ3n) is 1.63. The summed E-state index contributed by atoms with van der Waals surface area (Å²) < 4.78 is 29.5. The van der Waals surface area contributed by atoms with Gasteiger partial charge in [-0.3, -0.25) is 4.79 Å². The van der Waals surface area contributed by atoms with E-state index in [-0.39, 0.29) is 23.9 Å². The molecule has 0 radical (unpaired) electrons. The second-order valence-electron chi connectivity index (χ2n) is 3.21. The molecule has 0 atom stereocenters. The predicted molar refractivity (Wildman–Crippen MR) is 68.1 cm³/mol. The largest absolute Gasteiger partial charge is 0.392 e. The smallest absolute Gasteiger partial charge is 0.221 e. The molecule has 100 valence electrons. The molecule has 7 nitrogen and oxygen atoms in total. The lowest BCUT2D eigenvalue weighted by molar-refractivity contribution is -0.121. The molecule has 0 unspecified atom stereocenters. The van der Waals surface area contributed by atoms with Gasteiger partial charge in [0.25, 0.3) is 0 Å². The van der Waals surface area contributed by atoms with Crippen molar-refractivity contribution in [3.05, 3.63) is 0 Å². The second kappa shape index (κ2) is 8.34. The summed E-state index contributed by atoms with van der Waals surface area (Å²) in [5, 5.41) is 2.56. The van der Waals surface area contributed by atoms with Crippen LogP contribution in [0.3, 0.4) is 0 Å². The number of methoxy groups -OCH3 is 1. The van der Waals surface area contributed by atoms with Crippen molar-refractivity contribution >= 4 is 33.1 Å². The van der Waals surface area contributed by atoms with Gasteiger partial charge in [-0.25, -0.2) is 13.1 Å². The van der Waals surface area contributed by atoms with Gasteiger partial charge in [0.2, 0.25) is 15.9 Å². The second-order valence-corrected chi connectivity index (χ2v) is 5.54. The minimum absolute atomic E-state index is 0.0176. The first-order valence-corrected chi connectivity index (χ1v) is 6.94. The van der Waals surface area contributed by atoms with Gasteiger partial charge in [-0.05, 0) is 0 Å². The zero-order valence-corrected chi connectivity index (χ0v) is 11.2. The minimum atomic E-state index is -3.52. The molecule has 1 amide bonds. The van der Waals surface area contributed by atoms with Gasteiger partial charge in [0.1, 0.15) is 5.75 Å². The van der Waals surface area contributed by atoms with E-state index in [1.807, 2.05) is 0 Å². The van der Waals surface area contributed by atoms with E-state index in [1.165, 1.54) is 7.11 Å². The number of thiocarbonyl (C=S) groups is 1. The van der Waals surface area contributed by atoms with Crippen molar-refractivity contribution in [2.45, 2.75) is 6.42 Å². The average molecular weight is 283 g/mol. The predicted octanol–water partition coefficient (Wildman–Crippen LogP) is -1.66. The zero-order valence-electron chi connectivity index (χ0n) is 9.56. The van der Waals surface area contributed by atoms with E-state index in [2.05, 4.69) is 22.3 Å². The molecule has 0 bridgehead atoms. The van der Waals surface area contributed by atoms with Crippen LogP contribution < -0.4 is 15.8 Å². The number of carbonyl (C=O) groups is 1. The molecule has 0 aromatic heterocycles. The van der Waals surface area contributed by atoms with Crippen molar-refractivity contribution < 1.29 is 17.9 Å². The Labute approximate surface area is 106 Å². The zero-order chi connectivity index (χ0) is 13.3. The monoisotopic (exact) mass is 283 g/mol. The summed E-state index contributed by atoms with van der Waals surface area (Å²) in [6.45, 7) is 0.831. The molecule has 0 saturated carbocycles. The van der Waals surface area contributed by atoms with Gasteiger partial charge >= 0.3 is 0 Å². The van der Waals surface area contributed by atoms with E-state index in [1.54, 1.807) is 0 Å². The number of rotatable bonds is 9. The van der Waals surface area contributed by atoms with Crippen molar-refractivity contribution in [1.29, 1.82) is 0 Å². The molecule has 0 aliphatic carbocycles. The Morgan fingerprint density at radius 2 is 2.06 bits per heavy atom. The Balaban J connectivity index is 3.76. The maximum absolute atomic E-state index is 11.3. The lowest BCUT2D eigenvalue weighted by atomic mass is 10.4. The molecule has 0 heterocycles. The first-order valence-electron chi connectivity index (χ1n) is 4.88. The molecule has 0 aliphatic rings. The Hall–Kier alpha value is -0.770. The fourth-order valence-electron chi connectivity index (χ4n) is 0.939. The number of nitrogens with one attached hydrogen (secondary N) is 2. The lowest BCUT2D eigenvalue weighted by Crippen LogP contribution is -2.35. The van der Waals surface area contributed by atoms with Gasteiger partial charge in [0, 0.05) is 26.6 Å². The summed E-state index contributed by atoms with van der Waals surface area (Å²) in [5.74, 6) is -0.659. The summed E-state index contributed by atoms with van der Waals surface area (Å²) in [4.78, 5) is 11.1. The number of amides is 1. The van der Waals surface area contributed by atoms with Crippen LogP contribution in [-0.4, -0.2) is 51.9 Å². The van der Waals surface area contributed by atoms with Crippen molar-refractivity contribution in [3.63, 3.8) is 0 Å². The highest BCUT2D eigenvalue weighted by molar-refractivity contribution is 7.92. The highest BCUT2D eigenvalue weighted by Crippen LogP contribution is 1.86. The van der Waals surface area contributed by atoms with Crippen molar-refractivity contribution in [1.82, 2.24) is 10.0 Å². The van der Waals surface area contributed by atoms with Gasteiger partial charge in [-0.15, -0.1) is 0 Å². The van der Waals surface area contributed by atoms with E-state index in [0.29, 0.717) is 13.2 Å². The van der Waals surface area contributed by atoms with Crippen molar-refractivity contribution in [2.24, 2.45) is 5.73 Å². The number of carbonyl (C=O) groups excluding carboxylic acids is 1. The van der Waals surface area contributed by atoms with Crippen molar-refractivity contribution in [2.75, 3.05) is 32.6 Å². The number of hydrogen-bond acceptors (Lipinski definition) is 5. The summed E-state index contributed by atoms with van der Waals surface area (Å²) >= 11 is 4.48. The van der Waals surface area contributed by atoms with Gasteiger partial charge in [0.15, 0.2) is 0 Å². The maximum atomic E-state index is 11.3. The first kappa shape index (κ1) is 16.2. The fraction of sp³-hybridized carbons (Fsp3) is 0.750. The number of sulfonamides is 1. The minimum Gasteiger partial charge on any atom is -0.392 e. The number of ether oxygens (including phenoxy) is 1. The molecule has 0 spiro atoms. The maximum Gasteiger partial charge on any atom is 0.221 e. The van der Waals surface area contributed by atoms with Crippen LogP contribution in [0.5, 0.6) is 0 Å². The third-order valence-corrected chi connectivity index (χ3v) is 3.30. The van der Waals surface area contributed by atoms with E-state index in [0.717, 1.165) is 0 Å². The van der Waals surface area contributed by atoms with E-state index < -0.39 is 15.8 Å². The quantitative estimate of drug-likeness (QED) is 0.345. The van der Waals surface area contributed by atoms with Crippen LogP contribution in [0.15, 0.2) is 0 Å². The molecular formula is C8H17N3O4S2. The van der Waals surface area contributed by atoms with Gasteiger partial charge < -0.3 is 15.8 Å². The standard InChI is InChI=1S/C8H17N3O4S2/c1-15-5-4-10-8(12)2-3-11-17(13,14)6-7(9)16/h11H,2-6H2,1H3,(H2,9,16)(H,10,12). The lowest BCUT2D eigenvalue weighted by Gasteiger charge is -2.06. The van der Waals surface area contributed by atoms with Crippen LogP contribution in [0, 0.1) is 0 Å². The fourth-order valence-corrected chi connectivity index (χ4v) is 2.29. The van der Waals surface area contributed by atoms with Gasteiger partial charge in [0.05, 0.1) is 11.6 Å². The van der Waals surface area contributed by atoms with Crippen LogP contribution in [0.2, 0.25) is 0 Å². The van der Waals surface area contributed by atoms with E-state index in [4.69, 9.17) is 10.5 Å². The third kappa shape index (κ3) is 10.1. The SMILES string of the molecule is COCCNC(=O)CCNS(=O)(=O)CC(N)=S. The topological polar surface area (TPSA) is 111 Å². The van der Waals surface area contributed by atoms with Crippen LogP contribution in [0.1, 0.15) is 6.42 Å². The molecule has 17 heavy (non-hydrogen) atoms. The van der Waals surface area contributed by atoms with E-state index in [9.17, 15) is 13.2 Å². The van der Waals surface area contributed by atoms with E-state index >= 15 is 0 Å². The molecule has 0 aromatic rings.